The van der Waals surface area contributed by atoms with Gasteiger partial charge >= 0.3 is 5.97 Å². The molecule has 160 valence electrons. The summed E-state index contributed by atoms with van der Waals surface area (Å²) in [5.74, 6) is -0.398. The molecular weight excluding hydrogens is 358 g/mol. The predicted octanol–water partition coefficient (Wildman–Crippen LogP) is 1.33. The van der Waals surface area contributed by atoms with Gasteiger partial charge in [-0.25, -0.2) is 4.79 Å². The lowest BCUT2D eigenvalue weighted by Gasteiger charge is -2.62. The van der Waals surface area contributed by atoms with Crippen molar-refractivity contribution >= 4 is 11.8 Å². The SMILES string of the molecule is C[C@@H]1CC[C@@]23CCC(=O)[C@H]2[C@]1(C)[C@H](OC(=O)CO)C[C@@](C)(CC[NH3+])[C@@H](O)[C@@H]3C. The minimum Gasteiger partial charge on any atom is -0.460 e. The zero-order chi connectivity index (χ0) is 20.9. The van der Waals surface area contributed by atoms with E-state index < -0.39 is 35.6 Å². The van der Waals surface area contributed by atoms with E-state index in [0.717, 1.165) is 25.7 Å². The fourth-order valence-electron chi connectivity index (χ4n) is 7.20. The van der Waals surface area contributed by atoms with Gasteiger partial charge in [0, 0.05) is 29.6 Å². The number of carbonyl (C=O) groups excluding carboxylic acids is 2. The lowest BCUT2D eigenvalue weighted by Crippen LogP contribution is -2.64. The second kappa shape index (κ2) is 7.37. The number of esters is 1. The quantitative estimate of drug-likeness (QED) is 0.621. The zero-order valence-corrected chi connectivity index (χ0v) is 17.9. The highest BCUT2D eigenvalue weighted by Crippen LogP contribution is 2.68. The molecule has 0 aromatic carbocycles. The number of ketones is 1. The van der Waals surface area contributed by atoms with Crippen LogP contribution in [0.25, 0.3) is 0 Å². The Bertz CT molecular complexity index is 638. The van der Waals surface area contributed by atoms with Gasteiger partial charge in [-0.05, 0) is 42.9 Å². The summed E-state index contributed by atoms with van der Waals surface area (Å²) in [5.41, 5.74) is 2.82. The van der Waals surface area contributed by atoms with Gasteiger partial charge in [-0.2, -0.15) is 0 Å². The minimum atomic E-state index is -0.671. The van der Waals surface area contributed by atoms with E-state index in [-0.39, 0.29) is 29.0 Å². The van der Waals surface area contributed by atoms with Gasteiger partial charge in [0.2, 0.25) is 0 Å². The first-order chi connectivity index (χ1) is 13.1. The molecule has 0 saturated heterocycles. The Morgan fingerprint density at radius 3 is 2.57 bits per heavy atom. The zero-order valence-electron chi connectivity index (χ0n) is 17.9. The third kappa shape index (κ3) is 2.94. The maximum Gasteiger partial charge on any atom is 0.332 e. The van der Waals surface area contributed by atoms with E-state index in [1.807, 2.05) is 0 Å². The average molecular weight is 397 g/mol. The van der Waals surface area contributed by atoms with E-state index in [1.54, 1.807) is 0 Å². The van der Waals surface area contributed by atoms with Gasteiger partial charge in [0.15, 0.2) is 0 Å². The molecule has 0 heterocycles. The monoisotopic (exact) mass is 396 g/mol. The minimum absolute atomic E-state index is 0.00168. The number of Topliss-reactive ketones (excluding diaryl/α,β-unsaturated/α-hetero) is 1. The third-order valence-corrected chi connectivity index (χ3v) is 9.05. The van der Waals surface area contributed by atoms with Gasteiger partial charge in [-0.3, -0.25) is 4.79 Å². The summed E-state index contributed by atoms with van der Waals surface area (Å²) < 4.78 is 5.84. The van der Waals surface area contributed by atoms with Crippen molar-refractivity contribution in [2.24, 2.45) is 34.0 Å². The van der Waals surface area contributed by atoms with Crippen LogP contribution in [0.1, 0.15) is 66.2 Å². The van der Waals surface area contributed by atoms with E-state index in [2.05, 4.69) is 33.4 Å². The number of hydrogen-bond acceptors (Lipinski definition) is 5. The van der Waals surface area contributed by atoms with Gasteiger partial charge < -0.3 is 20.7 Å². The van der Waals surface area contributed by atoms with Crippen molar-refractivity contribution in [3.8, 4) is 0 Å². The molecule has 28 heavy (non-hydrogen) atoms. The molecular formula is C22H38NO5+. The van der Waals surface area contributed by atoms with E-state index in [1.165, 1.54) is 0 Å². The van der Waals surface area contributed by atoms with Crippen LogP contribution in [-0.4, -0.2) is 47.3 Å². The van der Waals surface area contributed by atoms with Crippen molar-refractivity contribution in [3.63, 3.8) is 0 Å². The molecule has 0 amide bonds. The van der Waals surface area contributed by atoms with Crippen LogP contribution in [0.5, 0.6) is 0 Å². The number of rotatable bonds is 4. The van der Waals surface area contributed by atoms with Gasteiger partial charge in [0.05, 0.1) is 12.6 Å². The van der Waals surface area contributed by atoms with Crippen LogP contribution in [0.15, 0.2) is 0 Å². The lowest BCUT2D eigenvalue weighted by molar-refractivity contribution is -0.375. The second-order valence-corrected chi connectivity index (χ2v) is 10.3. The molecule has 6 nitrogen and oxygen atoms in total. The molecule has 6 heteroatoms. The van der Waals surface area contributed by atoms with E-state index in [0.29, 0.717) is 19.4 Å². The molecule has 0 spiro atoms. The number of carbonyl (C=O) groups is 2. The fourth-order valence-corrected chi connectivity index (χ4v) is 7.20. The first-order valence-corrected chi connectivity index (χ1v) is 10.9. The Balaban J connectivity index is 2.19. The maximum absolute atomic E-state index is 13.2. The summed E-state index contributed by atoms with van der Waals surface area (Å²) in [6, 6.07) is 0. The van der Waals surface area contributed by atoms with Gasteiger partial charge in [-0.15, -0.1) is 0 Å². The summed E-state index contributed by atoms with van der Waals surface area (Å²) in [6.07, 6.45) is 3.35. The van der Waals surface area contributed by atoms with Crippen LogP contribution >= 0.6 is 0 Å². The standard InChI is InChI=1S/C22H37NO5/c1-13-5-7-22-8-6-15(25)18(22)21(13,4)16(28-17(26)12-24)11-20(3,9-10-23)19(27)14(22)2/h13-14,16,18-19,24,27H,5-12,23H2,1-4H3/p+1/t13-,14+,16-,18+,19+,20-,21+,22+/m1/s1. The number of ether oxygens (including phenoxy) is 1. The number of quaternary nitrogens is 1. The first kappa shape index (κ1) is 21.7. The van der Waals surface area contributed by atoms with Crippen LogP contribution in [0, 0.1) is 34.0 Å². The van der Waals surface area contributed by atoms with E-state index >= 15 is 0 Å². The normalized spacial score (nSPS) is 48.5. The summed E-state index contributed by atoms with van der Waals surface area (Å²) >= 11 is 0. The number of hydrogen-bond donors (Lipinski definition) is 3. The van der Waals surface area contributed by atoms with Gasteiger partial charge in [-0.1, -0.05) is 27.7 Å². The summed E-state index contributed by atoms with van der Waals surface area (Å²) in [4.78, 5) is 25.3. The molecule has 3 rings (SSSR count). The molecule has 0 radical (unpaired) electrons. The molecule has 5 N–H and O–H groups in total. The average Bonchev–Trinajstić information content (AvgIpc) is 3.01. The Kier molecular flexibility index (Phi) is 5.72. The lowest BCUT2D eigenvalue weighted by atomic mass is 9.43. The molecule has 8 atom stereocenters. The van der Waals surface area contributed by atoms with Crippen molar-refractivity contribution in [3.05, 3.63) is 0 Å². The highest BCUT2D eigenvalue weighted by molar-refractivity contribution is 5.85. The molecule has 0 aromatic heterocycles. The third-order valence-electron chi connectivity index (χ3n) is 9.05. The molecule has 3 fully saturated rings. The van der Waals surface area contributed by atoms with Crippen LogP contribution in [-0.2, 0) is 14.3 Å². The van der Waals surface area contributed by atoms with Crippen molar-refractivity contribution in [2.45, 2.75) is 78.4 Å². The molecule has 0 unspecified atom stereocenters. The maximum atomic E-state index is 13.2. The highest BCUT2D eigenvalue weighted by Gasteiger charge is 2.68. The van der Waals surface area contributed by atoms with Crippen molar-refractivity contribution < 1.29 is 30.3 Å². The van der Waals surface area contributed by atoms with Gasteiger partial charge in [0.1, 0.15) is 18.5 Å². The van der Waals surface area contributed by atoms with Crippen LogP contribution in [0.3, 0.4) is 0 Å². The number of aliphatic hydroxyl groups is 2. The second-order valence-electron chi connectivity index (χ2n) is 10.3. The Morgan fingerprint density at radius 1 is 1.29 bits per heavy atom. The Morgan fingerprint density at radius 2 is 1.96 bits per heavy atom. The topological polar surface area (TPSA) is 111 Å². The molecule has 3 aliphatic rings. The van der Waals surface area contributed by atoms with Crippen LogP contribution in [0.4, 0.5) is 0 Å². The largest absolute Gasteiger partial charge is 0.460 e. The van der Waals surface area contributed by atoms with Crippen molar-refractivity contribution in [1.29, 1.82) is 0 Å². The highest BCUT2D eigenvalue weighted by atomic mass is 16.6. The summed E-state index contributed by atoms with van der Waals surface area (Å²) in [7, 11) is 0. The Hall–Kier alpha value is -0.980. The molecule has 0 aliphatic heterocycles. The van der Waals surface area contributed by atoms with Crippen molar-refractivity contribution in [2.75, 3.05) is 13.2 Å². The van der Waals surface area contributed by atoms with E-state index in [4.69, 9.17) is 4.74 Å². The summed E-state index contributed by atoms with van der Waals surface area (Å²) in [5, 5.41) is 20.8. The summed E-state index contributed by atoms with van der Waals surface area (Å²) in [6.45, 7) is 8.48. The van der Waals surface area contributed by atoms with E-state index in [9.17, 15) is 19.8 Å². The molecule has 3 saturated carbocycles. The van der Waals surface area contributed by atoms with Crippen molar-refractivity contribution in [1.82, 2.24) is 0 Å². The first-order valence-electron chi connectivity index (χ1n) is 10.9. The van der Waals surface area contributed by atoms with Crippen LogP contribution < -0.4 is 5.73 Å². The van der Waals surface area contributed by atoms with Gasteiger partial charge in [0.25, 0.3) is 0 Å². The fraction of sp³-hybridized carbons (Fsp3) is 0.909. The molecule has 2 bridgehead atoms. The molecule has 3 aliphatic carbocycles. The smallest absolute Gasteiger partial charge is 0.332 e. The molecule has 0 aromatic rings. The Labute approximate surface area is 168 Å². The predicted molar refractivity (Wildman–Crippen MR) is 104 cm³/mol. The van der Waals surface area contributed by atoms with Crippen LogP contribution in [0.2, 0.25) is 0 Å². The number of aliphatic hydroxyl groups excluding tert-OH is 2.